The van der Waals surface area contributed by atoms with E-state index < -0.39 is 26.3 Å². The lowest BCUT2D eigenvalue weighted by molar-refractivity contribution is -0.0167. The molecule has 6 nitrogen and oxygen atoms in total. The molecule has 0 saturated heterocycles. The third-order valence-corrected chi connectivity index (χ3v) is 3.10. The summed E-state index contributed by atoms with van der Waals surface area (Å²) in [5.41, 5.74) is -4.04. The van der Waals surface area contributed by atoms with Gasteiger partial charge in [0.25, 0.3) is 0 Å². The van der Waals surface area contributed by atoms with E-state index in [2.05, 4.69) is 0 Å². The zero-order valence-electron chi connectivity index (χ0n) is 11.1. The number of hydrogen-bond acceptors (Lipinski definition) is 4. The van der Waals surface area contributed by atoms with Gasteiger partial charge in [-0.2, -0.15) is 8.78 Å². The number of halogens is 2. The van der Waals surface area contributed by atoms with Gasteiger partial charge in [0.2, 0.25) is 0 Å². The molecule has 0 aliphatic carbocycles. The molecule has 0 aromatic carbocycles. The maximum absolute atomic E-state index is 12.8. The summed E-state index contributed by atoms with van der Waals surface area (Å²) in [5, 5.41) is 0. The monoisotopic (exact) mass is 306 g/mol. The van der Waals surface area contributed by atoms with Crippen LogP contribution in [0.4, 0.5) is 8.78 Å². The van der Waals surface area contributed by atoms with E-state index >= 15 is 0 Å². The van der Waals surface area contributed by atoms with E-state index in [1.54, 1.807) is 0 Å². The zero-order valence-corrected chi connectivity index (χ0v) is 11.9. The van der Waals surface area contributed by atoms with Crippen LogP contribution in [0.15, 0.2) is 0 Å². The van der Waals surface area contributed by atoms with Crippen molar-refractivity contribution in [3.8, 4) is 0 Å². The van der Waals surface area contributed by atoms with Crippen molar-refractivity contribution in [2.75, 3.05) is 33.0 Å². The molecule has 19 heavy (non-hydrogen) atoms. The van der Waals surface area contributed by atoms with Crippen LogP contribution in [0, 0.1) is 0 Å². The first kappa shape index (κ1) is 18.9. The minimum absolute atomic E-state index is 0.0823. The molecule has 0 spiro atoms. The van der Waals surface area contributed by atoms with Gasteiger partial charge in [-0.25, -0.2) is 0 Å². The fourth-order valence-electron chi connectivity index (χ4n) is 1.01. The van der Waals surface area contributed by atoms with Crippen LogP contribution in [0.25, 0.3) is 0 Å². The third-order valence-electron chi connectivity index (χ3n) is 2.02. The van der Waals surface area contributed by atoms with Crippen molar-refractivity contribution in [2.45, 2.75) is 32.0 Å². The first-order valence-electron chi connectivity index (χ1n) is 5.87. The summed E-state index contributed by atoms with van der Waals surface area (Å²) >= 11 is 0. The Hall–Kier alpha value is -0.110. The molecule has 0 bridgehead atoms. The van der Waals surface area contributed by atoms with Gasteiger partial charge in [-0.1, -0.05) is 0 Å². The average molecular weight is 306 g/mol. The van der Waals surface area contributed by atoms with Crippen molar-refractivity contribution in [3.63, 3.8) is 0 Å². The van der Waals surface area contributed by atoms with E-state index in [0.717, 1.165) is 0 Å². The summed E-state index contributed by atoms with van der Waals surface area (Å²) in [6.45, 7) is 4.45. The van der Waals surface area contributed by atoms with Crippen LogP contribution in [-0.4, -0.2) is 54.6 Å². The van der Waals surface area contributed by atoms with Gasteiger partial charge in [-0.15, -0.1) is 0 Å². The van der Waals surface area contributed by atoms with Gasteiger partial charge in [0.1, 0.15) is 0 Å². The van der Waals surface area contributed by atoms with Crippen LogP contribution in [0.2, 0.25) is 0 Å². The van der Waals surface area contributed by atoms with E-state index in [0.29, 0.717) is 13.2 Å². The Balaban J connectivity index is 3.44. The van der Waals surface area contributed by atoms with Gasteiger partial charge in [0.05, 0.1) is 39.1 Å². The molecule has 0 aromatic heterocycles. The molecule has 0 amide bonds. The van der Waals surface area contributed by atoms with Crippen LogP contribution >= 0.6 is 7.60 Å². The Labute approximate surface area is 111 Å². The minimum Gasteiger partial charge on any atom is -0.379 e. The predicted octanol–water partition coefficient (Wildman–Crippen LogP) is 1.61. The summed E-state index contributed by atoms with van der Waals surface area (Å²) in [5.74, 6) is 0. The molecule has 0 heterocycles. The quantitative estimate of drug-likeness (QED) is 0.445. The number of rotatable bonds is 11. The van der Waals surface area contributed by atoms with Crippen molar-refractivity contribution in [3.05, 3.63) is 0 Å². The fraction of sp³-hybridized carbons (Fsp3) is 1.00. The molecule has 0 aliphatic heterocycles. The molecule has 0 aromatic rings. The molecule has 0 unspecified atom stereocenters. The first-order chi connectivity index (χ1) is 8.67. The molecule has 0 radical (unpaired) electrons. The van der Waals surface area contributed by atoms with Crippen molar-refractivity contribution in [2.24, 2.45) is 0 Å². The molecule has 9 heteroatoms. The highest BCUT2D eigenvalue weighted by Gasteiger charge is 2.47. The molecule has 2 N–H and O–H groups in total. The number of alkyl halides is 2. The van der Waals surface area contributed by atoms with Crippen LogP contribution in [-0.2, 0) is 18.8 Å². The summed E-state index contributed by atoms with van der Waals surface area (Å²) in [6.07, 6.45) is -0.900. The molecule has 0 aliphatic rings. The Morgan fingerprint density at radius 2 is 1.53 bits per heavy atom. The maximum Gasteiger partial charge on any atom is 0.394 e. The van der Waals surface area contributed by atoms with Crippen molar-refractivity contribution in [1.29, 1.82) is 0 Å². The number of ether oxygens (including phenoxy) is 3. The van der Waals surface area contributed by atoms with Gasteiger partial charge >= 0.3 is 13.3 Å². The maximum atomic E-state index is 12.8. The summed E-state index contributed by atoms with van der Waals surface area (Å²) in [4.78, 5) is 16.7. The second-order valence-electron chi connectivity index (χ2n) is 4.10. The van der Waals surface area contributed by atoms with Gasteiger partial charge in [-0.3, -0.25) is 4.57 Å². The third kappa shape index (κ3) is 9.43. The van der Waals surface area contributed by atoms with Crippen LogP contribution in [0.1, 0.15) is 20.3 Å². The van der Waals surface area contributed by atoms with E-state index in [1.807, 2.05) is 13.8 Å². The van der Waals surface area contributed by atoms with Crippen LogP contribution in [0.5, 0.6) is 0 Å². The standard InChI is InChI=1S/C10H21F2O6P/c1-9(2)18-8-7-17-6-5-16-4-3-10(11,12)19(13,14)15/h9H,3-8H2,1-2H3,(H2,13,14,15). The SMILES string of the molecule is CC(C)OCCOCCOCCC(F)(F)P(=O)(O)O. The van der Waals surface area contributed by atoms with Gasteiger partial charge in [0, 0.05) is 6.42 Å². The molecule has 116 valence electrons. The summed E-state index contributed by atoms with van der Waals surface area (Å²) in [7, 11) is -5.41. The van der Waals surface area contributed by atoms with Crippen molar-refractivity contribution in [1.82, 2.24) is 0 Å². The topological polar surface area (TPSA) is 85.2 Å². The largest absolute Gasteiger partial charge is 0.394 e. The Morgan fingerprint density at radius 1 is 1.05 bits per heavy atom. The second-order valence-corrected chi connectivity index (χ2v) is 5.85. The average Bonchev–Trinajstić information content (AvgIpc) is 2.24. The lowest BCUT2D eigenvalue weighted by Gasteiger charge is -2.17. The highest BCUT2D eigenvalue weighted by molar-refractivity contribution is 7.53. The summed E-state index contributed by atoms with van der Waals surface area (Å²) in [6, 6.07) is 0. The summed E-state index contributed by atoms with van der Waals surface area (Å²) < 4.78 is 51.1. The molecular formula is C10H21F2O6P. The first-order valence-corrected chi connectivity index (χ1v) is 7.48. The molecule has 0 fully saturated rings. The Kier molecular flexibility index (Phi) is 8.89. The van der Waals surface area contributed by atoms with E-state index in [4.69, 9.17) is 24.0 Å². The van der Waals surface area contributed by atoms with Gasteiger partial charge in [-0.05, 0) is 13.8 Å². The van der Waals surface area contributed by atoms with Gasteiger partial charge < -0.3 is 24.0 Å². The van der Waals surface area contributed by atoms with Crippen LogP contribution < -0.4 is 0 Å². The smallest absolute Gasteiger partial charge is 0.379 e. The highest BCUT2D eigenvalue weighted by Crippen LogP contribution is 2.54. The lowest BCUT2D eigenvalue weighted by Crippen LogP contribution is -2.20. The lowest BCUT2D eigenvalue weighted by atomic mass is 10.5. The minimum atomic E-state index is -5.41. The molecule has 0 rings (SSSR count). The van der Waals surface area contributed by atoms with Crippen LogP contribution in [0.3, 0.4) is 0 Å². The highest BCUT2D eigenvalue weighted by atomic mass is 31.2. The van der Waals surface area contributed by atoms with Crippen molar-refractivity contribution < 1.29 is 37.3 Å². The zero-order chi connectivity index (χ0) is 14.9. The fourth-order valence-corrected chi connectivity index (χ4v) is 1.39. The number of hydrogen-bond donors (Lipinski definition) is 2. The van der Waals surface area contributed by atoms with Crippen molar-refractivity contribution >= 4 is 7.60 Å². The molecule has 0 atom stereocenters. The van der Waals surface area contributed by atoms with E-state index in [-0.39, 0.29) is 19.3 Å². The Bertz CT molecular complexity index is 281. The molecule has 0 saturated carbocycles. The second kappa shape index (κ2) is 8.94. The Morgan fingerprint density at radius 3 is 2.00 bits per heavy atom. The van der Waals surface area contributed by atoms with Gasteiger partial charge in [0.15, 0.2) is 0 Å². The molecular weight excluding hydrogens is 285 g/mol. The van der Waals surface area contributed by atoms with E-state index in [1.165, 1.54) is 0 Å². The van der Waals surface area contributed by atoms with E-state index in [9.17, 15) is 13.3 Å². The predicted molar refractivity (Wildman–Crippen MR) is 64.3 cm³/mol. The normalized spacial score (nSPS) is 13.2.